The topological polar surface area (TPSA) is 45.2 Å². The van der Waals surface area contributed by atoms with Gasteiger partial charge in [0.15, 0.2) is 0 Å². The van der Waals surface area contributed by atoms with Crippen LogP contribution in [0.3, 0.4) is 0 Å². The number of carbonyl (C=O) groups excluding carboxylic acids is 1. The summed E-state index contributed by atoms with van der Waals surface area (Å²) in [4.78, 5) is 17.2. The molecule has 0 saturated carbocycles. The maximum absolute atomic E-state index is 11.3. The number of nitrogens with zero attached hydrogens (tertiary/aromatic N) is 2. The summed E-state index contributed by atoms with van der Waals surface area (Å²) in [5.41, 5.74) is 0. The molecule has 4 nitrogen and oxygen atoms in total. The Morgan fingerprint density at radius 1 is 1.60 bits per heavy atom. The molecular weight excluding hydrogens is 214 g/mol. The number of hydrogen-bond donors (Lipinski definition) is 1. The molecule has 0 spiro atoms. The molecule has 0 fully saturated rings. The van der Waals surface area contributed by atoms with Gasteiger partial charge < -0.3 is 10.2 Å². The highest BCUT2D eigenvalue weighted by atomic mass is 35.5. The minimum absolute atomic E-state index is 0.0169. The van der Waals surface area contributed by atoms with Crippen LogP contribution in [0.15, 0.2) is 18.3 Å². The second-order valence-electron chi connectivity index (χ2n) is 3.14. The molecule has 0 aliphatic rings. The van der Waals surface area contributed by atoms with Crippen LogP contribution in [0.25, 0.3) is 0 Å². The van der Waals surface area contributed by atoms with Crippen molar-refractivity contribution in [2.75, 3.05) is 25.0 Å². The summed E-state index contributed by atoms with van der Waals surface area (Å²) in [6.07, 6.45) is 1.56. The van der Waals surface area contributed by atoms with Gasteiger partial charge in [0.1, 0.15) is 5.82 Å². The fourth-order valence-electron chi connectivity index (χ4n) is 1.14. The van der Waals surface area contributed by atoms with Crippen molar-refractivity contribution in [3.8, 4) is 0 Å². The van der Waals surface area contributed by atoms with Gasteiger partial charge in [0, 0.05) is 19.8 Å². The van der Waals surface area contributed by atoms with Crippen LogP contribution in [0.4, 0.5) is 5.82 Å². The zero-order valence-electron chi connectivity index (χ0n) is 8.83. The van der Waals surface area contributed by atoms with Crippen molar-refractivity contribution >= 4 is 23.3 Å². The molecule has 1 aromatic heterocycles. The van der Waals surface area contributed by atoms with E-state index in [1.54, 1.807) is 23.2 Å². The third-order valence-electron chi connectivity index (χ3n) is 1.86. The van der Waals surface area contributed by atoms with E-state index in [0.717, 1.165) is 5.82 Å². The summed E-state index contributed by atoms with van der Waals surface area (Å²) in [7, 11) is 1.81. The average molecular weight is 228 g/mol. The van der Waals surface area contributed by atoms with Crippen LogP contribution in [0.5, 0.6) is 0 Å². The molecule has 0 atom stereocenters. The lowest BCUT2D eigenvalue weighted by Gasteiger charge is -2.17. The van der Waals surface area contributed by atoms with Gasteiger partial charge in [-0.1, -0.05) is 11.6 Å². The van der Waals surface area contributed by atoms with Gasteiger partial charge in [-0.2, -0.15) is 0 Å². The molecule has 82 valence electrons. The molecular formula is C10H14ClN3O. The van der Waals surface area contributed by atoms with E-state index in [9.17, 15) is 4.79 Å². The fraction of sp³-hybridized carbons (Fsp3) is 0.400. The van der Waals surface area contributed by atoms with Crippen LogP contribution in [0, 0.1) is 0 Å². The first-order valence-electron chi connectivity index (χ1n) is 4.73. The maximum atomic E-state index is 11.3. The van der Waals surface area contributed by atoms with Crippen molar-refractivity contribution in [1.82, 2.24) is 10.3 Å². The van der Waals surface area contributed by atoms with E-state index < -0.39 is 0 Å². The Balaban J connectivity index is 2.57. The Hall–Kier alpha value is -1.29. The monoisotopic (exact) mass is 227 g/mol. The highest BCUT2D eigenvalue weighted by Crippen LogP contribution is 2.12. The minimum atomic E-state index is -0.0169. The molecule has 15 heavy (non-hydrogen) atoms. The first kappa shape index (κ1) is 11.8. The number of anilines is 1. The summed E-state index contributed by atoms with van der Waals surface area (Å²) >= 11 is 5.71. The molecule has 1 amide bonds. The summed E-state index contributed by atoms with van der Waals surface area (Å²) < 4.78 is 0. The van der Waals surface area contributed by atoms with E-state index in [-0.39, 0.29) is 5.91 Å². The lowest BCUT2D eigenvalue weighted by Crippen LogP contribution is -2.35. The van der Waals surface area contributed by atoms with Gasteiger partial charge in [0.05, 0.1) is 11.6 Å². The van der Waals surface area contributed by atoms with E-state index in [1.165, 1.54) is 0 Å². The first-order valence-corrected chi connectivity index (χ1v) is 5.10. The third-order valence-corrected chi connectivity index (χ3v) is 2.08. The number of carbonyl (C=O) groups is 1. The molecule has 0 bridgehead atoms. The number of aromatic nitrogens is 1. The number of halogens is 1. The second-order valence-corrected chi connectivity index (χ2v) is 3.58. The Morgan fingerprint density at radius 3 is 2.87 bits per heavy atom. The predicted molar refractivity (Wildman–Crippen MR) is 61.2 cm³/mol. The molecule has 5 heteroatoms. The number of likely N-dealkylation sites (N-methyl/N-ethyl adjacent to an activating group) is 2. The average Bonchev–Trinajstić information content (AvgIpc) is 2.18. The molecule has 0 aliphatic carbocycles. The first-order chi connectivity index (χ1) is 7.13. The van der Waals surface area contributed by atoms with Crippen molar-refractivity contribution in [2.45, 2.75) is 6.92 Å². The van der Waals surface area contributed by atoms with E-state index in [0.29, 0.717) is 18.1 Å². The van der Waals surface area contributed by atoms with Crippen LogP contribution in [0.1, 0.15) is 6.92 Å². The van der Waals surface area contributed by atoms with Crippen molar-refractivity contribution in [3.63, 3.8) is 0 Å². The van der Waals surface area contributed by atoms with Crippen LogP contribution in [0.2, 0.25) is 5.02 Å². The molecule has 0 aliphatic heterocycles. The Kier molecular flexibility index (Phi) is 4.37. The second kappa shape index (κ2) is 5.56. The quantitative estimate of drug-likeness (QED) is 0.844. The largest absolute Gasteiger partial charge is 0.355 e. The highest BCUT2D eigenvalue weighted by Gasteiger charge is 2.06. The van der Waals surface area contributed by atoms with Gasteiger partial charge in [-0.25, -0.2) is 4.98 Å². The lowest BCUT2D eigenvalue weighted by atomic mass is 10.4. The number of pyridine rings is 1. The van der Waals surface area contributed by atoms with Gasteiger partial charge in [-0.3, -0.25) is 4.79 Å². The predicted octanol–water partition coefficient (Wildman–Crippen LogP) is 1.31. The fourth-order valence-corrected chi connectivity index (χ4v) is 1.26. The Morgan fingerprint density at radius 2 is 2.33 bits per heavy atom. The maximum Gasteiger partial charge on any atom is 0.239 e. The van der Waals surface area contributed by atoms with E-state index in [1.807, 2.05) is 14.0 Å². The number of hydrogen-bond acceptors (Lipinski definition) is 3. The van der Waals surface area contributed by atoms with Gasteiger partial charge in [-0.15, -0.1) is 0 Å². The molecule has 0 unspecified atom stereocenters. The molecule has 1 heterocycles. The van der Waals surface area contributed by atoms with Crippen LogP contribution in [-0.4, -0.2) is 31.0 Å². The molecule has 1 rings (SSSR count). The third kappa shape index (κ3) is 3.75. The van der Waals surface area contributed by atoms with E-state index in [2.05, 4.69) is 10.3 Å². The van der Waals surface area contributed by atoms with Gasteiger partial charge in [-0.05, 0) is 19.1 Å². The van der Waals surface area contributed by atoms with Crippen LogP contribution >= 0.6 is 11.6 Å². The van der Waals surface area contributed by atoms with Gasteiger partial charge in [0.2, 0.25) is 5.91 Å². The SMILES string of the molecule is CCNC(=O)CN(C)c1ccc(Cl)cn1. The van der Waals surface area contributed by atoms with E-state index >= 15 is 0 Å². The minimum Gasteiger partial charge on any atom is -0.355 e. The van der Waals surface area contributed by atoms with Crippen LogP contribution < -0.4 is 10.2 Å². The van der Waals surface area contributed by atoms with Crippen LogP contribution in [-0.2, 0) is 4.79 Å². The van der Waals surface area contributed by atoms with Gasteiger partial charge >= 0.3 is 0 Å². The van der Waals surface area contributed by atoms with Crippen molar-refractivity contribution < 1.29 is 4.79 Å². The summed E-state index contributed by atoms with van der Waals surface area (Å²) in [6.45, 7) is 2.82. The smallest absolute Gasteiger partial charge is 0.239 e. The van der Waals surface area contributed by atoms with E-state index in [4.69, 9.17) is 11.6 Å². The number of rotatable bonds is 4. The highest BCUT2D eigenvalue weighted by molar-refractivity contribution is 6.30. The van der Waals surface area contributed by atoms with Crippen molar-refractivity contribution in [3.05, 3.63) is 23.4 Å². The number of nitrogens with one attached hydrogen (secondary N) is 1. The number of amides is 1. The normalized spacial score (nSPS) is 9.80. The summed E-state index contributed by atoms with van der Waals surface area (Å²) in [6, 6.07) is 3.53. The van der Waals surface area contributed by atoms with Crippen molar-refractivity contribution in [2.24, 2.45) is 0 Å². The molecule has 1 aromatic rings. The Bertz CT molecular complexity index is 326. The summed E-state index contributed by atoms with van der Waals surface area (Å²) in [5, 5.41) is 3.31. The molecule has 1 N–H and O–H groups in total. The van der Waals surface area contributed by atoms with Gasteiger partial charge in [0.25, 0.3) is 0 Å². The molecule has 0 aromatic carbocycles. The molecule has 0 radical (unpaired) electrons. The lowest BCUT2D eigenvalue weighted by molar-refractivity contribution is -0.119. The zero-order valence-corrected chi connectivity index (χ0v) is 9.58. The summed E-state index contributed by atoms with van der Waals surface area (Å²) in [5.74, 6) is 0.711. The Labute approximate surface area is 94.3 Å². The van der Waals surface area contributed by atoms with Crippen molar-refractivity contribution in [1.29, 1.82) is 0 Å². The zero-order chi connectivity index (χ0) is 11.3. The standard InChI is InChI=1S/C10H14ClN3O/c1-3-12-10(15)7-14(2)9-5-4-8(11)6-13-9/h4-6H,3,7H2,1-2H3,(H,12,15). The molecule has 0 saturated heterocycles.